The highest BCUT2D eigenvalue weighted by Crippen LogP contribution is 2.39. The lowest BCUT2D eigenvalue weighted by atomic mass is 10.00. The largest absolute Gasteiger partial charge is 0.336 e. The van der Waals surface area contributed by atoms with Crippen LogP contribution in [0.25, 0.3) is 5.57 Å². The Hall–Kier alpha value is -2.89. The van der Waals surface area contributed by atoms with Gasteiger partial charge in [0.15, 0.2) is 0 Å². The number of rotatable bonds is 5. The van der Waals surface area contributed by atoms with Gasteiger partial charge in [-0.3, -0.25) is 14.5 Å². The fourth-order valence-corrected chi connectivity index (χ4v) is 5.21. The van der Waals surface area contributed by atoms with Crippen molar-refractivity contribution >= 4 is 46.0 Å². The number of aryl methyl sites for hydroxylation is 1. The van der Waals surface area contributed by atoms with E-state index in [1.807, 2.05) is 60.0 Å². The van der Waals surface area contributed by atoms with Crippen molar-refractivity contribution in [3.8, 4) is 0 Å². The number of benzene rings is 2. The molecule has 156 valence electrons. The standard InChI is InChI=1S/C25H21ClN2O2S/c26-19-11-9-17(10-12-19)13-15-28-24(29)22(21-8-4-16-31-21)23(25(28)30)27-14-3-6-18-5-1-2-7-20(18)27/h1-2,4-5,7-12,16H,3,6,13-15H2. The second-order valence-electron chi connectivity index (χ2n) is 7.72. The van der Waals surface area contributed by atoms with Crippen LogP contribution in [0, 0.1) is 0 Å². The van der Waals surface area contributed by atoms with Gasteiger partial charge in [-0.1, -0.05) is 48.0 Å². The van der Waals surface area contributed by atoms with E-state index in [4.69, 9.17) is 11.6 Å². The molecule has 5 rings (SSSR count). The van der Waals surface area contributed by atoms with E-state index in [-0.39, 0.29) is 11.8 Å². The summed E-state index contributed by atoms with van der Waals surface area (Å²) in [6.07, 6.45) is 2.53. The average molecular weight is 449 g/mol. The normalized spacial score (nSPS) is 16.3. The fourth-order valence-electron chi connectivity index (χ4n) is 4.32. The summed E-state index contributed by atoms with van der Waals surface area (Å²) < 4.78 is 0. The maximum Gasteiger partial charge on any atom is 0.278 e. The topological polar surface area (TPSA) is 40.6 Å². The lowest BCUT2D eigenvalue weighted by Gasteiger charge is -2.32. The van der Waals surface area contributed by atoms with Crippen molar-refractivity contribution in [3.05, 3.63) is 92.8 Å². The summed E-state index contributed by atoms with van der Waals surface area (Å²) in [7, 11) is 0. The number of fused-ring (bicyclic) bond motifs is 1. The summed E-state index contributed by atoms with van der Waals surface area (Å²) in [6.45, 7) is 1.07. The van der Waals surface area contributed by atoms with Crippen LogP contribution in [0.3, 0.4) is 0 Å². The van der Waals surface area contributed by atoms with Crippen molar-refractivity contribution in [1.82, 2.24) is 4.90 Å². The molecule has 0 spiro atoms. The Bertz CT molecular complexity index is 1170. The van der Waals surface area contributed by atoms with E-state index in [2.05, 4.69) is 11.0 Å². The van der Waals surface area contributed by atoms with Crippen LogP contribution in [0.2, 0.25) is 5.02 Å². The predicted octanol–water partition coefficient (Wildman–Crippen LogP) is 5.18. The number of carbonyl (C=O) groups is 2. The van der Waals surface area contributed by atoms with Crippen LogP contribution in [0.1, 0.15) is 22.4 Å². The van der Waals surface area contributed by atoms with Gasteiger partial charge in [0.2, 0.25) is 0 Å². The molecule has 3 aromatic rings. The number of amides is 2. The molecule has 31 heavy (non-hydrogen) atoms. The summed E-state index contributed by atoms with van der Waals surface area (Å²) in [6, 6.07) is 19.5. The molecule has 2 amide bonds. The minimum atomic E-state index is -0.209. The second kappa shape index (κ2) is 8.33. The number of hydrogen-bond acceptors (Lipinski definition) is 4. The van der Waals surface area contributed by atoms with Crippen molar-refractivity contribution in [1.29, 1.82) is 0 Å². The first-order valence-electron chi connectivity index (χ1n) is 10.4. The minimum absolute atomic E-state index is 0.209. The molecule has 0 saturated carbocycles. The van der Waals surface area contributed by atoms with E-state index < -0.39 is 0 Å². The second-order valence-corrected chi connectivity index (χ2v) is 9.11. The van der Waals surface area contributed by atoms with Gasteiger partial charge in [0.25, 0.3) is 11.8 Å². The minimum Gasteiger partial charge on any atom is -0.336 e. The molecule has 0 aliphatic carbocycles. The number of imide groups is 1. The molecule has 0 atom stereocenters. The van der Waals surface area contributed by atoms with Crippen molar-refractivity contribution in [3.63, 3.8) is 0 Å². The molecule has 2 aliphatic heterocycles. The van der Waals surface area contributed by atoms with Gasteiger partial charge in [0.05, 0.1) is 5.57 Å². The van der Waals surface area contributed by atoms with E-state index in [1.54, 1.807) is 0 Å². The third kappa shape index (κ3) is 3.68. The quantitative estimate of drug-likeness (QED) is 0.505. The third-order valence-electron chi connectivity index (χ3n) is 5.83. The zero-order valence-corrected chi connectivity index (χ0v) is 18.5. The van der Waals surface area contributed by atoms with Gasteiger partial charge in [-0.2, -0.15) is 0 Å². The smallest absolute Gasteiger partial charge is 0.278 e. The van der Waals surface area contributed by atoms with Crippen molar-refractivity contribution in [2.45, 2.75) is 19.3 Å². The molecule has 0 unspecified atom stereocenters. The highest BCUT2D eigenvalue weighted by Gasteiger charge is 2.42. The summed E-state index contributed by atoms with van der Waals surface area (Å²) >= 11 is 7.47. The summed E-state index contributed by atoms with van der Waals surface area (Å²) in [4.78, 5) is 31.3. The average Bonchev–Trinajstić information content (AvgIpc) is 3.40. The number of para-hydroxylation sites is 1. The van der Waals surface area contributed by atoms with Crippen LogP contribution >= 0.6 is 22.9 Å². The Balaban J connectivity index is 1.51. The lowest BCUT2D eigenvalue weighted by Crippen LogP contribution is -2.38. The number of nitrogens with zero attached hydrogens (tertiary/aromatic N) is 2. The molecule has 4 nitrogen and oxygen atoms in total. The van der Waals surface area contributed by atoms with Crippen LogP contribution in [0.4, 0.5) is 5.69 Å². The number of anilines is 1. The van der Waals surface area contributed by atoms with Gasteiger partial charge in [-0.15, -0.1) is 11.3 Å². The molecular weight excluding hydrogens is 428 g/mol. The van der Waals surface area contributed by atoms with Crippen LogP contribution in [0.5, 0.6) is 0 Å². The van der Waals surface area contributed by atoms with Gasteiger partial charge < -0.3 is 4.90 Å². The monoisotopic (exact) mass is 448 g/mol. The van der Waals surface area contributed by atoms with Gasteiger partial charge >= 0.3 is 0 Å². The van der Waals surface area contributed by atoms with Gasteiger partial charge in [-0.25, -0.2) is 0 Å². The number of carbonyl (C=O) groups excluding carboxylic acids is 2. The Kier molecular flexibility index (Phi) is 5.38. The highest BCUT2D eigenvalue weighted by molar-refractivity contribution is 7.11. The molecule has 0 bridgehead atoms. The molecule has 0 saturated heterocycles. The van der Waals surface area contributed by atoms with Crippen LogP contribution in [-0.2, 0) is 22.4 Å². The molecule has 0 fully saturated rings. The van der Waals surface area contributed by atoms with Crippen LogP contribution in [0.15, 0.2) is 71.7 Å². The van der Waals surface area contributed by atoms with Crippen molar-refractivity contribution < 1.29 is 9.59 Å². The molecule has 2 aromatic carbocycles. The molecule has 1 aromatic heterocycles. The molecule has 0 radical (unpaired) electrons. The number of halogens is 1. The van der Waals surface area contributed by atoms with E-state index in [1.165, 1.54) is 21.8 Å². The third-order valence-corrected chi connectivity index (χ3v) is 6.97. The van der Waals surface area contributed by atoms with E-state index in [0.29, 0.717) is 29.3 Å². The first kappa shape index (κ1) is 20.0. The first-order valence-corrected chi connectivity index (χ1v) is 11.6. The Morgan fingerprint density at radius 3 is 2.52 bits per heavy atom. The molecule has 2 aliphatic rings. The molecule has 0 N–H and O–H groups in total. The SMILES string of the molecule is O=C1C(c2cccs2)=C(N2CCCc3ccccc32)C(=O)N1CCc1ccc(Cl)cc1. The zero-order chi connectivity index (χ0) is 21.4. The Morgan fingerprint density at radius 2 is 1.74 bits per heavy atom. The fraction of sp³-hybridized carbons (Fsp3) is 0.200. The zero-order valence-electron chi connectivity index (χ0n) is 16.9. The highest BCUT2D eigenvalue weighted by atomic mass is 35.5. The van der Waals surface area contributed by atoms with Crippen molar-refractivity contribution in [2.75, 3.05) is 18.0 Å². The summed E-state index contributed by atoms with van der Waals surface area (Å²) in [5.74, 6) is -0.418. The number of hydrogen-bond donors (Lipinski definition) is 0. The predicted molar refractivity (Wildman–Crippen MR) is 125 cm³/mol. The summed E-state index contributed by atoms with van der Waals surface area (Å²) in [5, 5.41) is 2.61. The van der Waals surface area contributed by atoms with E-state index in [9.17, 15) is 9.59 Å². The van der Waals surface area contributed by atoms with Crippen LogP contribution < -0.4 is 4.90 Å². The maximum absolute atomic E-state index is 13.6. The molecule has 6 heteroatoms. The van der Waals surface area contributed by atoms with Gasteiger partial charge in [0.1, 0.15) is 5.70 Å². The summed E-state index contributed by atoms with van der Waals surface area (Å²) in [5.41, 5.74) is 4.31. The first-order chi connectivity index (χ1) is 15.1. The maximum atomic E-state index is 13.6. The Labute approximate surface area is 190 Å². The van der Waals surface area contributed by atoms with E-state index in [0.717, 1.165) is 35.5 Å². The van der Waals surface area contributed by atoms with Gasteiger partial charge in [0, 0.05) is 28.7 Å². The number of thiophene rings is 1. The Morgan fingerprint density at radius 1 is 0.935 bits per heavy atom. The van der Waals surface area contributed by atoms with Crippen LogP contribution in [-0.4, -0.2) is 29.8 Å². The lowest BCUT2D eigenvalue weighted by molar-refractivity contribution is -0.136. The molecule has 3 heterocycles. The van der Waals surface area contributed by atoms with Gasteiger partial charge in [-0.05, 0) is 60.0 Å². The van der Waals surface area contributed by atoms with Crippen molar-refractivity contribution in [2.24, 2.45) is 0 Å². The van der Waals surface area contributed by atoms with E-state index >= 15 is 0 Å². The molecular formula is C25H21ClN2O2S.